The number of thioether (sulfide) groups is 1. The fourth-order valence-corrected chi connectivity index (χ4v) is 6.55. The molecular weight excluding hydrogens is 585 g/mol. The van der Waals surface area contributed by atoms with Crippen molar-refractivity contribution in [3.05, 3.63) is 116 Å². The van der Waals surface area contributed by atoms with Gasteiger partial charge < -0.3 is 10.1 Å². The van der Waals surface area contributed by atoms with Gasteiger partial charge in [0.15, 0.2) is 23.2 Å². The van der Waals surface area contributed by atoms with Crippen LogP contribution < -0.4 is 10.3 Å². The van der Waals surface area contributed by atoms with Crippen LogP contribution >= 0.6 is 11.8 Å². The Morgan fingerprint density at radius 2 is 1.64 bits per heavy atom. The number of rotatable bonds is 6. The largest absolute Gasteiger partial charge is 0.494 e. The van der Waals surface area contributed by atoms with Crippen LogP contribution in [0.5, 0.6) is 5.75 Å². The van der Waals surface area contributed by atoms with Gasteiger partial charge >= 0.3 is 6.18 Å². The number of aromatic nitrogens is 1. The van der Waals surface area contributed by atoms with E-state index in [1.165, 1.54) is 44.4 Å². The van der Waals surface area contributed by atoms with E-state index in [2.05, 4.69) is 0 Å². The van der Waals surface area contributed by atoms with Crippen molar-refractivity contribution in [3.63, 3.8) is 0 Å². The molecule has 4 aromatic rings. The van der Waals surface area contributed by atoms with Gasteiger partial charge in [-0.2, -0.15) is 13.2 Å². The molecule has 0 fully saturated rings. The highest BCUT2D eigenvalue weighted by molar-refractivity contribution is 7.99. The van der Waals surface area contributed by atoms with Crippen LogP contribution in [0.2, 0.25) is 0 Å². The molecule has 42 heavy (non-hydrogen) atoms. The fourth-order valence-electron chi connectivity index (χ4n) is 5.17. The Balaban J connectivity index is 1.80. The topological polar surface area (TPSA) is 55.1 Å². The predicted molar refractivity (Wildman–Crippen MR) is 145 cm³/mol. The zero-order chi connectivity index (χ0) is 30.5. The lowest BCUT2D eigenvalue weighted by atomic mass is 9.92. The number of methoxy groups -OCH3 is 1. The summed E-state index contributed by atoms with van der Waals surface area (Å²) in [6.45, 7) is 1.42. The Labute approximate surface area is 239 Å². The average Bonchev–Trinajstić information content (AvgIpc) is 3.38. The molecule has 218 valence electrons. The SMILES string of the molecule is COc1cccc(-c2c(C)c(Cc3c(F)cccc3C(F)(F)F)c3n(c2=O)C(C(=N)c2cccc(F)c2F)CS3)c1F. The van der Waals surface area contributed by atoms with Crippen LogP contribution in [0, 0.1) is 35.6 Å². The van der Waals surface area contributed by atoms with E-state index < -0.39 is 69.9 Å². The van der Waals surface area contributed by atoms with Gasteiger partial charge in [0.05, 0.1) is 35.0 Å². The molecule has 1 N–H and O–H groups in total. The van der Waals surface area contributed by atoms with Gasteiger partial charge in [-0.05, 0) is 48.4 Å². The molecule has 0 aliphatic carbocycles. The lowest BCUT2D eigenvalue weighted by molar-refractivity contribution is -0.138. The van der Waals surface area contributed by atoms with Crippen molar-refractivity contribution in [2.75, 3.05) is 12.9 Å². The second-order valence-corrected chi connectivity index (χ2v) is 10.6. The number of alkyl halides is 3. The van der Waals surface area contributed by atoms with E-state index in [0.717, 1.165) is 40.6 Å². The normalized spacial score (nSPS) is 14.6. The molecule has 0 bridgehead atoms. The maximum atomic E-state index is 15.5. The molecule has 0 saturated carbocycles. The Kier molecular flexibility index (Phi) is 7.69. The van der Waals surface area contributed by atoms with Crippen molar-refractivity contribution in [2.45, 2.75) is 30.6 Å². The number of nitrogens with zero attached hydrogens (tertiary/aromatic N) is 1. The van der Waals surface area contributed by atoms with Gasteiger partial charge in [-0.15, -0.1) is 11.8 Å². The summed E-state index contributed by atoms with van der Waals surface area (Å²) in [6, 6.07) is 8.63. The molecule has 12 heteroatoms. The summed E-state index contributed by atoms with van der Waals surface area (Å²) in [7, 11) is 1.22. The van der Waals surface area contributed by atoms with E-state index >= 15 is 4.39 Å². The number of fused-ring (bicyclic) bond motifs is 1. The first-order valence-electron chi connectivity index (χ1n) is 12.5. The van der Waals surface area contributed by atoms with Crippen LogP contribution in [-0.2, 0) is 12.6 Å². The van der Waals surface area contributed by atoms with E-state index in [4.69, 9.17) is 10.1 Å². The summed E-state index contributed by atoms with van der Waals surface area (Å²) in [5.41, 5.74) is -3.84. The first-order chi connectivity index (χ1) is 19.9. The molecule has 1 unspecified atom stereocenters. The first kappa shape index (κ1) is 29.4. The van der Waals surface area contributed by atoms with Crippen LogP contribution in [0.3, 0.4) is 0 Å². The smallest absolute Gasteiger partial charge is 0.416 e. The second-order valence-electron chi connectivity index (χ2n) is 9.56. The zero-order valence-corrected chi connectivity index (χ0v) is 22.8. The van der Waals surface area contributed by atoms with Gasteiger partial charge in [0.2, 0.25) is 0 Å². The molecule has 0 radical (unpaired) electrons. The van der Waals surface area contributed by atoms with Gasteiger partial charge in [0, 0.05) is 28.9 Å². The number of halogens is 7. The van der Waals surface area contributed by atoms with Gasteiger partial charge in [0.25, 0.3) is 5.56 Å². The molecule has 1 atom stereocenters. The van der Waals surface area contributed by atoms with Crippen LogP contribution in [-0.4, -0.2) is 23.1 Å². The van der Waals surface area contributed by atoms with Crippen molar-refractivity contribution in [2.24, 2.45) is 0 Å². The van der Waals surface area contributed by atoms with Crippen molar-refractivity contribution in [3.8, 4) is 16.9 Å². The molecule has 1 aliphatic rings. The van der Waals surface area contributed by atoms with Crippen molar-refractivity contribution >= 4 is 17.5 Å². The number of pyridine rings is 1. The standard InChI is InChI=1S/C30H21F7N2O2S/c1-14-17(12-18-19(30(35,36)37)8-5-9-20(18)31)29-39(28(40)24(14)15-6-4-11-23(41-2)26(15)34)22(13-42-29)27(38)16-7-3-10-21(32)25(16)33/h3-11,22,38H,12-13H2,1-2H3. The maximum Gasteiger partial charge on any atom is 0.416 e. The third-order valence-corrected chi connectivity index (χ3v) is 8.43. The van der Waals surface area contributed by atoms with E-state index in [-0.39, 0.29) is 38.8 Å². The molecule has 1 aliphatic heterocycles. The maximum absolute atomic E-state index is 15.5. The fraction of sp³-hybridized carbons (Fsp3) is 0.200. The number of nitrogens with one attached hydrogen (secondary N) is 1. The third-order valence-electron chi connectivity index (χ3n) is 7.23. The van der Waals surface area contributed by atoms with E-state index in [9.17, 15) is 31.1 Å². The highest BCUT2D eigenvalue weighted by Crippen LogP contribution is 2.43. The summed E-state index contributed by atoms with van der Waals surface area (Å²) in [5.74, 6) is -4.80. The van der Waals surface area contributed by atoms with Crippen LogP contribution in [0.1, 0.15) is 33.9 Å². The molecular formula is C30H21F7N2O2S. The summed E-state index contributed by atoms with van der Waals surface area (Å²) in [4.78, 5) is 14.1. The van der Waals surface area contributed by atoms with Crippen molar-refractivity contribution < 1.29 is 35.5 Å². The molecule has 5 rings (SSSR count). The van der Waals surface area contributed by atoms with Crippen LogP contribution in [0.4, 0.5) is 30.7 Å². The Morgan fingerprint density at radius 3 is 2.33 bits per heavy atom. The summed E-state index contributed by atoms with van der Waals surface area (Å²) >= 11 is 1.00. The van der Waals surface area contributed by atoms with Gasteiger partial charge in [-0.3, -0.25) is 9.36 Å². The van der Waals surface area contributed by atoms with Crippen molar-refractivity contribution in [1.82, 2.24) is 4.57 Å². The van der Waals surface area contributed by atoms with Crippen molar-refractivity contribution in [1.29, 1.82) is 5.41 Å². The molecule has 2 heterocycles. The average molecular weight is 607 g/mol. The monoisotopic (exact) mass is 606 g/mol. The number of hydrogen-bond acceptors (Lipinski definition) is 4. The van der Waals surface area contributed by atoms with E-state index in [0.29, 0.717) is 0 Å². The number of benzene rings is 3. The van der Waals surface area contributed by atoms with E-state index in [1.807, 2.05) is 0 Å². The Hall–Kier alpha value is -4.06. The predicted octanol–water partition coefficient (Wildman–Crippen LogP) is 7.71. The molecule has 0 amide bonds. The van der Waals surface area contributed by atoms with Crippen LogP contribution in [0.25, 0.3) is 11.1 Å². The molecule has 1 aromatic heterocycles. The van der Waals surface area contributed by atoms with Gasteiger partial charge in [0.1, 0.15) is 5.82 Å². The molecule has 3 aromatic carbocycles. The molecule has 4 nitrogen and oxygen atoms in total. The minimum absolute atomic E-state index is 0.0378. The Bertz CT molecular complexity index is 1800. The highest BCUT2D eigenvalue weighted by Gasteiger charge is 2.38. The number of ether oxygens (including phenoxy) is 1. The zero-order valence-electron chi connectivity index (χ0n) is 22.0. The Morgan fingerprint density at radius 1 is 0.976 bits per heavy atom. The number of hydrogen-bond donors (Lipinski definition) is 1. The minimum atomic E-state index is -4.89. The third kappa shape index (κ3) is 4.87. The van der Waals surface area contributed by atoms with E-state index in [1.54, 1.807) is 0 Å². The summed E-state index contributed by atoms with van der Waals surface area (Å²) in [5, 5.41) is 8.80. The summed E-state index contributed by atoms with van der Waals surface area (Å²) < 4.78 is 107. The lowest BCUT2D eigenvalue weighted by Crippen LogP contribution is -2.32. The highest BCUT2D eigenvalue weighted by atomic mass is 32.2. The van der Waals surface area contributed by atoms with Gasteiger partial charge in [-0.1, -0.05) is 24.3 Å². The quantitative estimate of drug-likeness (QED) is 0.181. The lowest BCUT2D eigenvalue weighted by Gasteiger charge is -2.22. The molecule has 0 saturated heterocycles. The van der Waals surface area contributed by atoms with Gasteiger partial charge in [-0.25, -0.2) is 17.6 Å². The van der Waals surface area contributed by atoms with Crippen LogP contribution in [0.15, 0.2) is 64.4 Å². The second kappa shape index (κ2) is 11.0. The summed E-state index contributed by atoms with van der Waals surface area (Å²) in [6.07, 6.45) is -5.52. The first-order valence-corrected chi connectivity index (χ1v) is 13.5. The molecule has 0 spiro atoms. The minimum Gasteiger partial charge on any atom is -0.494 e.